The second-order valence-corrected chi connectivity index (χ2v) is 3.62. The van der Waals surface area contributed by atoms with E-state index in [1.807, 2.05) is 0 Å². The molecule has 6 heteroatoms. The Morgan fingerprint density at radius 3 is 2.69 bits per heavy atom. The molecule has 0 radical (unpaired) electrons. The minimum atomic E-state index is -0.891. The summed E-state index contributed by atoms with van der Waals surface area (Å²) >= 11 is 8.65. The van der Waals surface area contributed by atoms with Gasteiger partial charge in [0.25, 0.3) is 0 Å². The van der Waals surface area contributed by atoms with Gasteiger partial charge in [-0.05, 0) is 22.9 Å². The fourth-order valence-corrected chi connectivity index (χ4v) is 1.50. The van der Waals surface area contributed by atoms with Crippen LogP contribution in [0.25, 0.3) is 0 Å². The lowest BCUT2D eigenvalue weighted by atomic mass is 10.2. The van der Waals surface area contributed by atoms with Crippen LogP contribution in [0.4, 0.5) is 10.1 Å². The fraction of sp³-hybridized carbons (Fsp3) is 0.143. The lowest BCUT2D eigenvalue weighted by molar-refractivity contribution is -0.387. The maximum atomic E-state index is 13.1. The first-order chi connectivity index (χ1) is 5.95. The van der Waals surface area contributed by atoms with E-state index in [9.17, 15) is 14.5 Å². The van der Waals surface area contributed by atoms with E-state index < -0.39 is 16.4 Å². The molecule has 1 aromatic rings. The number of halogens is 3. The Hall–Kier alpha value is -0.680. The van der Waals surface area contributed by atoms with E-state index in [1.165, 1.54) is 6.92 Å². The number of hydrogen-bond donors (Lipinski definition) is 0. The van der Waals surface area contributed by atoms with Crippen molar-refractivity contribution in [2.75, 3.05) is 0 Å². The van der Waals surface area contributed by atoms with Crippen molar-refractivity contribution in [2.45, 2.75) is 6.92 Å². The molecule has 0 spiro atoms. The molecule has 0 fully saturated rings. The molecule has 0 aliphatic carbocycles. The van der Waals surface area contributed by atoms with E-state index in [1.54, 1.807) is 0 Å². The van der Waals surface area contributed by atoms with Gasteiger partial charge >= 0.3 is 5.69 Å². The number of nitro benzene ring substituents is 1. The van der Waals surface area contributed by atoms with Gasteiger partial charge in [0, 0.05) is 16.1 Å². The van der Waals surface area contributed by atoms with Gasteiger partial charge in [-0.2, -0.15) is 4.39 Å². The van der Waals surface area contributed by atoms with Crippen molar-refractivity contribution in [3.05, 3.63) is 37.1 Å². The van der Waals surface area contributed by atoms with Gasteiger partial charge in [-0.15, -0.1) is 0 Å². The first kappa shape index (κ1) is 10.4. The molecule has 0 aliphatic heterocycles. The first-order valence-corrected chi connectivity index (χ1v) is 4.40. The molecule has 0 unspecified atom stereocenters. The normalized spacial score (nSPS) is 10.2. The maximum absolute atomic E-state index is 13.1. The summed E-state index contributed by atoms with van der Waals surface area (Å²) in [5.74, 6) is -0.891. The molecular weight excluding hydrogens is 264 g/mol. The van der Waals surface area contributed by atoms with Gasteiger partial charge in [0.2, 0.25) is 5.82 Å². The smallest absolute Gasteiger partial charge is 0.258 e. The van der Waals surface area contributed by atoms with E-state index in [-0.39, 0.29) is 10.6 Å². The van der Waals surface area contributed by atoms with Crippen LogP contribution in [-0.2, 0) is 0 Å². The Labute approximate surface area is 86.8 Å². The SMILES string of the molecule is Cc1c(F)c([N+](=O)[O-])cc(Br)c1Cl. The van der Waals surface area contributed by atoms with E-state index in [0.717, 1.165) is 6.07 Å². The molecule has 0 heterocycles. The molecule has 13 heavy (non-hydrogen) atoms. The van der Waals surface area contributed by atoms with Crippen molar-refractivity contribution in [3.8, 4) is 0 Å². The Bertz CT molecular complexity index is 383. The van der Waals surface area contributed by atoms with Crippen molar-refractivity contribution in [2.24, 2.45) is 0 Å². The highest BCUT2D eigenvalue weighted by Gasteiger charge is 2.20. The Morgan fingerprint density at radius 1 is 1.69 bits per heavy atom. The average molecular weight is 268 g/mol. The van der Waals surface area contributed by atoms with Gasteiger partial charge in [-0.25, -0.2) is 0 Å². The van der Waals surface area contributed by atoms with Crippen LogP contribution >= 0.6 is 27.5 Å². The van der Waals surface area contributed by atoms with Gasteiger partial charge in [-0.1, -0.05) is 11.6 Å². The molecule has 0 bridgehead atoms. The minimum Gasteiger partial charge on any atom is -0.258 e. The molecule has 1 rings (SSSR count). The fourth-order valence-electron chi connectivity index (χ4n) is 0.847. The van der Waals surface area contributed by atoms with Gasteiger partial charge < -0.3 is 0 Å². The third-order valence-electron chi connectivity index (χ3n) is 1.55. The van der Waals surface area contributed by atoms with Gasteiger partial charge in [0.1, 0.15) is 0 Å². The van der Waals surface area contributed by atoms with Gasteiger partial charge in [-0.3, -0.25) is 10.1 Å². The summed E-state index contributed by atoms with van der Waals surface area (Å²) < 4.78 is 13.5. The van der Waals surface area contributed by atoms with Crippen LogP contribution in [-0.4, -0.2) is 4.92 Å². The van der Waals surface area contributed by atoms with E-state index in [2.05, 4.69) is 15.9 Å². The molecule has 0 amide bonds. The number of benzene rings is 1. The Balaban J connectivity index is 3.50. The van der Waals surface area contributed by atoms with Crippen LogP contribution in [0, 0.1) is 22.9 Å². The Morgan fingerprint density at radius 2 is 2.23 bits per heavy atom. The summed E-state index contributed by atoms with van der Waals surface area (Å²) in [7, 11) is 0. The summed E-state index contributed by atoms with van der Waals surface area (Å²) in [5, 5.41) is 10.5. The number of nitro groups is 1. The number of hydrogen-bond acceptors (Lipinski definition) is 2. The first-order valence-electron chi connectivity index (χ1n) is 3.23. The lowest BCUT2D eigenvalue weighted by Gasteiger charge is -2.02. The van der Waals surface area contributed by atoms with Crippen LogP contribution < -0.4 is 0 Å². The highest BCUT2D eigenvalue weighted by molar-refractivity contribution is 9.10. The number of nitrogens with zero attached hydrogens (tertiary/aromatic N) is 1. The van der Waals surface area contributed by atoms with Crippen LogP contribution in [0.15, 0.2) is 10.5 Å². The highest BCUT2D eigenvalue weighted by Crippen LogP contribution is 2.33. The van der Waals surface area contributed by atoms with E-state index >= 15 is 0 Å². The van der Waals surface area contributed by atoms with Crippen molar-refractivity contribution < 1.29 is 9.31 Å². The zero-order valence-electron chi connectivity index (χ0n) is 6.47. The monoisotopic (exact) mass is 267 g/mol. The van der Waals surface area contributed by atoms with Gasteiger partial charge in [0.05, 0.1) is 9.95 Å². The summed E-state index contributed by atoms with van der Waals surface area (Å²) in [5.41, 5.74) is -0.503. The Kier molecular flexibility index (Phi) is 2.87. The second-order valence-electron chi connectivity index (χ2n) is 2.39. The predicted octanol–water partition coefficient (Wildman–Crippen LogP) is 3.46. The highest BCUT2D eigenvalue weighted by atomic mass is 79.9. The predicted molar refractivity (Wildman–Crippen MR) is 50.5 cm³/mol. The van der Waals surface area contributed by atoms with Crippen molar-refractivity contribution in [1.29, 1.82) is 0 Å². The van der Waals surface area contributed by atoms with E-state index in [4.69, 9.17) is 11.6 Å². The molecular formula is C7H4BrClFNO2. The molecule has 0 aliphatic rings. The maximum Gasteiger partial charge on any atom is 0.306 e. The molecule has 70 valence electrons. The van der Waals surface area contributed by atoms with Crippen molar-refractivity contribution in [1.82, 2.24) is 0 Å². The zero-order chi connectivity index (χ0) is 10.2. The van der Waals surface area contributed by atoms with Crippen molar-refractivity contribution in [3.63, 3.8) is 0 Å². The molecule has 3 nitrogen and oxygen atoms in total. The average Bonchev–Trinajstić information content (AvgIpc) is 2.07. The topological polar surface area (TPSA) is 43.1 Å². The van der Waals surface area contributed by atoms with Crippen LogP contribution in [0.1, 0.15) is 5.56 Å². The standard InChI is InChI=1S/C7H4BrClFNO2/c1-3-6(9)4(8)2-5(7(3)10)11(12)13/h2H,1H3. The molecule has 0 atom stereocenters. The van der Waals surface area contributed by atoms with Crippen molar-refractivity contribution >= 4 is 33.2 Å². The third kappa shape index (κ3) is 1.81. The third-order valence-corrected chi connectivity index (χ3v) is 2.89. The lowest BCUT2D eigenvalue weighted by Crippen LogP contribution is -1.96. The van der Waals surface area contributed by atoms with Gasteiger partial charge in [0.15, 0.2) is 0 Å². The second kappa shape index (κ2) is 3.59. The summed E-state index contributed by atoms with van der Waals surface area (Å²) in [6.07, 6.45) is 0. The summed E-state index contributed by atoms with van der Waals surface area (Å²) in [4.78, 5) is 9.55. The number of rotatable bonds is 1. The quantitative estimate of drug-likeness (QED) is 0.445. The zero-order valence-corrected chi connectivity index (χ0v) is 8.82. The van der Waals surface area contributed by atoms with Crippen LogP contribution in [0.5, 0.6) is 0 Å². The summed E-state index contributed by atoms with van der Waals surface area (Å²) in [6, 6.07) is 1.05. The minimum absolute atomic E-state index is 0.0720. The van der Waals surface area contributed by atoms with E-state index in [0.29, 0.717) is 4.47 Å². The molecule has 0 saturated heterocycles. The molecule has 1 aromatic carbocycles. The molecule has 0 aromatic heterocycles. The van der Waals surface area contributed by atoms with Crippen LogP contribution in [0.3, 0.4) is 0 Å². The molecule has 0 saturated carbocycles. The molecule has 0 N–H and O–H groups in total. The summed E-state index contributed by atoms with van der Waals surface area (Å²) in [6.45, 7) is 1.38. The largest absolute Gasteiger partial charge is 0.306 e. The van der Waals surface area contributed by atoms with Crippen LogP contribution in [0.2, 0.25) is 5.02 Å².